The van der Waals surface area contributed by atoms with Crippen molar-refractivity contribution in [1.29, 1.82) is 0 Å². The third kappa shape index (κ3) is 24.1. The summed E-state index contributed by atoms with van der Waals surface area (Å²) in [4.78, 5) is 0. The zero-order valence-electron chi connectivity index (χ0n) is 2.82. The number of halogens is 1. The predicted octanol–water partition coefficient (Wildman–Crippen LogP) is 0.477. The third-order valence-corrected chi connectivity index (χ3v) is 0. The molecule has 0 aliphatic heterocycles. The van der Waals surface area contributed by atoms with Crippen LogP contribution in [0.3, 0.4) is 0 Å². The molecule has 0 aromatic carbocycles. The fourth-order valence-corrected chi connectivity index (χ4v) is 0. The molecular weight excluding hydrogens is 284 g/mol. The Morgan fingerprint density at radius 2 is 1.60 bits per heavy atom. The van der Waals surface area contributed by atoms with Crippen molar-refractivity contribution in [3.05, 3.63) is 0 Å². The van der Waals surface area contributed by atoms with Gasteiger partial charge in [0.15, 0.2) is 0 Å². The van der Waals surface area contributed by atoms with Crippen molar-refractivity contribution in [3.63, 3.8) is 0 Å². The van der Waals surface area contributed by atoms with Crippen molar-refractivity contribution in [2.75, 3.05) is 0 Å². The molecule has 0 rings (SSSR count). The molecule has 0 saturated carbocycles. The van der Waals surface area contributed by atoms with Crippen LogP contribution in [0.25, 0.3) is 0 Å². The summed E-state index contributed by atoms with van der Waals surface area (Å²) in [6, 6.07) is 0. The van der Waals surface area contributed by atoms with E-state index in [1.54, 1.807) is 0 Å². The van der Waals surface area contributed by atoms with Crippen LogP contribution in [-0.4, -0.2) is 23.1 Å². The molecule has 0 atom stereocenters. The van der Waals surface area contributed by atoms with Crippen molar-refractivity contribution in [2.45, 2.75) is 10.9 Å². The van der Waals surface area contributed by atoms with Crippen LogP contribution in [0.15, 0.2) is 0 Å². The molecule has 0 fully saturated rings. The van der Waals surface area contributed by atoms with Gasteiger partial charge in [-0.25, -0.2) is 0 Å². The first-order chi connectivity index (χ1) is 1.41. The van der Waals surface area contributed by atoms with E-state index in [1.807, 2.05) is 0 Å². The standard InChI is InChI=1S/C2H5.ClH.Hg.Mg.2H/c1-2;;;;;/h1H2,2H3;1H;;;;. The van der Waals surface area contributed by atoms with Crippen LogP contribution in [-0.2, 0) is 26.1 Å². The van der Waals surface area contributed by atoms with Gasteiger partial charge >= 0.3 is 60.0 Å². The molecule has 0 aliphatic rings. The largest absolute Gasteiger partial charge is 0.316 e. The van der Waals surface area contributed by atoms with Gasteiger partial charge in [0.05, 0.1) is 0 Å². The molecule has 5 heavy (non-hydrogen) atoms. The van der Waals surface area contributed by atoms with E-state index < -0.39 is 0 Å². The Bertz CT molecular complexity index is 9.61. The minimum Gasteiger partial charge on any atom is -0.147 e. The molecule has 0 amide bonds. The maximum absolute atomic E-state index is 2.21. The van der Waals surface area contributed by atoms with Crippen LogP contribution < -0.4 is 0 Å². The molecule has 0 N–H and O–H groups in total. The topological polar surface area (TPSA) is 0 Å². The van der Waals surface area contributed by atoms with Crippen LogP contribution in [0.2, 0.25) is 3.93 Å². The molecule has 0 radical (unpaired) electrons. The molecular formula is C2H8ClHgMg. The van der Waals surface area contributed by atoms with E-state index in [1.165, 1.54) is 3.93 Å². The minimum absolute atomic E-state index is 0. The van der Waals surface area contributed by atoms with Gasteiger partial charge in [-0.15, -0.1) is 12.4 Å². The Balaban J connectivity index is -0.0000000200. The maximum Gasteiger partial charge on any atom is 0.316 e. The second kappa shape index (κ2) is 16.7. The number of hydrogen-bond acceptors (Lipinski definition) is 0. The molecule has 0 aromatic rings. The van der Waals surface area contributed by atoms with Gasteiger partial charge in [-0.2, -0.15) is 0 Å². The van der Waals surface area contributed by atoms with Crippen molar-refractivity contribution in [2.24, 2.45) is 0 Å². The van der Waals surface area contributed by atoms with E-state index in [0.29, 0.717) is 0 Å². The number of hydrogen-bond donors (Lipinski definition) is 0. The Labute approximate surface area is 71.6 Å². The van der Waals surface area contributed by atoms with Crippen molar-refractivity contribution < 1.29 is 26.1 Å². The second-order valence-corrected chi connectivity index (χ2v) is 4.39. The van der Waals surface area contributed by atoms with Gasteiger partial charge in [-0.1, -0.05) is 0 Å². The van der Waals surface area contributed by atoms with Crippen LogP contribution in [0, 0.1) is 0 Å². The first kappa shape index (κ1) is 15.8. The van der Waals surface area contributed by atoms with Gasteiger partial charge in [0.25, 0.3) is 0 Å². The van der Waals surface area contributed by atoms with Crippen molar-refractivity contribution >= 4 is 35.5 Å². The maximum atomic E-state index is 2.21. The summed E-state index contributed by atoms with van der Waals surface area (Å²) in [6.07, 6.45) is 0. The molecule has 0 aromatic heterocycles. The zero-order chi connectivity index (χ0) is 2.71. The normalized spacial score (nSPS) is 3.80. The van der Waals surface area contributed by atoms with Crippen LogP contribution in [0.4, 0.5) is 0 Å². The fourth-order valence-electron chi connectivity index (χ4n) is 0. The Morgan fingerprint density at radius 1 is 1.60 bits per heavy atom. The molecule has 0 nitrogen and oxygen atoms in total. The predicted molar refractivity (Wildman–Crippen MR) is 26.3 cm³/mol. The summed E-state index contributed by atoms with van der Waals surface area (Å²) >= 11 is 1.07. The van der Waals surface area contributed by atoms with Gasteiger partial charge in [-0.3, -0.25) is 0 Å². The quantitative estimate of drug-likeness (QED) is 0.570. The average Bonchev–Trinajstić information content (AvgIpc) is 0.918. The van der Waals surface area contributed by atoms with E-state index in [0.717, 1.165) is 26.1 Å². The summed E-state index contributed by atoms with van der Waals surface area (Å²) < 4.78 is 1.44. The first-order valence-corrected chi connectivity index (χ1v) is 5.09. The van der Waals surface area contributed by atoms with Gasteiger partial charge in [0.1, 0.15) is 0 Å². The molecule has 0 saturated heterocycles. The van der Waals surface area contributed by atoms with Crippen LogP contribution in [0.5, 0.6) is 0 Å². The molecule has 0 aliphatic carbocycles. The van der Waals surface area contributed by atoms with Crippen molar-refractivity contribution in [3.8, 4) is 0 Å². The van der Waals surface area contributed by atoms with Crippen LogP contribution in [0.1, 0.15) is 6.92 Å². The molecule has 0 bridgehead atoms. The number of rotatable bonds is 0. The summed E-state index contributed by atoms with van der Waals surface area (Å²) in [7, 11) is 0. The van der Waals surface area contributed by atoms with Gasteiger partial charge in [-0.05, 0) is 0 Å². The summed E-state index contributed by atoms with van der Waals surface area (Å²) in [5.74, 6) is 0. The Hall–Kier alpha value is 1.99. The van der Waals surface area contributed by atoms with Crippen LogP contribution >= 0.6 is 12.4 Å². The second-order valence-electron chi connectivity index (χ2n) is 0.500. The smallest absolute Gasteiger partial charge is 0.147 e. The third-order valence-electron chi connectivity index (χ3n) is 0. The van der Waals surface area contributed by atoms with Gasteiger partial charge < -0.3 is 0 Å². The van der Waals surface area contributed by atoms with Crippen molar-refractivity contribution in [1.82, 2.24) is 0 Å². The monoisotopic (exact) mass is 293 g/mol. The SMILES string of the molecule is C[CH2][Hg].Cl.[MgH2]. The average molecular weight is 292 g/mol. The van der Waals surface area contributed by atoms with Gasteiger partial charge in [0.2, 0.25) is 0 Å². The molecule has 0 heterocycles. The Morgan fingerprint density at radius 3 is 1.60 bits per heavy atom. The van der Waals surface area contributed by atoms with E-state index in [-0.39, 0.29) is 35.5 Å². The molecule has 3 heteroatoms. The van der Waals surface area contributed by atoms with E-state index in [9.17, 15) is 0 Å². The van der Waals surface area contributed by atoms with Gasteiger partial charge in [0, 0.05) is 0 Å². The molecule has 27 valence electrons. The molecule has 0 spiro atoms. The Kier molecular flexibility index (Phi) is 52.6. The summed E-state index contributed by atoms with van der Waals surface area (Å²) in [5.41, 5.74) is 0. The minimum atomic E-state index is 0. The molecule has 0 unspecified atom stereocenters. The summed E-state index contributed by atoms with van der Waals surface area (Å²) in [5, 5.41) is 0. The van der Waals surface area contributed by atoms with E-state index in [2.05, 4.69) is 6.92 Å². The summed E-state index contributed by atoms with van der Waals surface area (Å²) in [6.45, 7) is 2.21. The van der Waals surface area contributed by atoms with E-state index in [4.69, 9.17) is 0 Å². The fraction of sp³-hybridized carbons (Fsp3) is 1.00. The zero-order valence-corrected chi connectivity index (χ0v) is 9.14. The first-order valence-electron chi connectivity index (χ1n) is 1.21. The van der Waals surface area contributed by atoms with E-state index >= 15 is 0 Å².